The van der Waals surface area contributed by atoms with Crippen molar-refractivity contribution >= 4 is 15.9 Å². The zero-order valence-electron chi connectivity index (χ0n) is 14.0. The van der Waals surface area contributed by atoms with Gasteiger partial charge in [-0.15, -0.1) is 0 Å². The lowest BCUT2D eigenvalue weighted by Gasteiger charge is -2.30. The number of hydrogen-bond donors (Lipinski definition) is 1. The third kappa shape index (κ3) is 4.37. The summed E-state index contributed by atoms with van der Waals surface area (Å²) in [7, 11) is -3.64. The average Bonchev–Trinajstić information content (AvgIpc) is 3.14. The molecular weight excluding hydrogens is 347 g/mol. The molecule has 1 atom stereocenters. The van der Waals surface area contributed by atoms with Gasteiger partial charge < -0.3 is 10.1 Å². The van der Waals surface area contributed by atoms with Crippen LogP contribution in [0.1, 0.15) is 25.7 Å². The summed E-state index contributed by atoms with van der Waals surface area (Å²) < 4.78 is 44.9. The number of hydrogen-bond acceptors (Lipinski definition) is 4. The molecule has 138 valence electrons. The maximum Gasteiger partial charge on any atom is 0.243 e. The minimum atomic E-state index is -3.64. The second kappa shape index (κ2) is 7.80. The highest BCUT2D eigenvalue weighted by Gasteiger charge is 2.32. The van der Waals surface area contributed by atoms with Crippen molar-refractivity contribution in [3.05, 3.63) is 30.1 Å². The Morgan fingerprint density at radius 3 is 2.48 bits per heavy atom. The zero-order valence-corrected chi connectivity index (χ0v) is 14.8. The van der Waals surface area contributed by atoms with Crippen LogP contribution < -0.4 is 5.32 Å². The predicted octanol–water partition coefficient (Wildman–Crippen LogP) is 1.52. The van der Waals surface area contributed by atoms with Gasteiger partial charge in [-0.3, -0.25) is 4.79 Å². The summed E-state index contributed by atoms with van der Waals surface area (Å²) >= 11 is 0. The van der Waals surface area contributed by atoms with E-state index in [4.69, 9.17) is 4.74 Å². The van der Waals surface area contributed by atoms with E-state index in [1.807, 2.05) is 0 Å². The fraction of sp³-hybridized carbons (Fsp3) is 0.588. The Bertz CT molecular complexity index is 694. The van der Waals surface area contributed by atoms with Crippen LogP contribution in [0.2, 0.25) is 0 Å². The first-order chi connectivity index (χ1) is 12.0. The van der Waals surface area contributed by atoms with Gasteiger partial charge in [0, 0.05) is 32.2 Å². The summed E-state index contributed by atoms with van der Waals surface area (Å²) in [6.45, 7) is 1.85. The van der Waals surface area contributed by atoms with Crippen LogP contribution >= 0.6 is 0 Å². The lowest BCUT2D eigenvalue weighted by molar-refractivity contribution is -0.126. The van der Waals surface area contributed by atoms with Crippen LogP contribution in [0.3, 0.4) is 0 Å². The topological polar surface area (TPSA) is 75.7 Å². The van der Waals surface area contributed by atoms with Crippen LogP contribution in [0.4, 0.5) is 4.39 Å². The second-order valence-corrected chi connectivity index (χ2v) is 8.45. The first-order valence-electron chi connectivity index (χ1n) is 8.62. The molecule has 1 aromatic rings. The summed E-state index contributed by atoms with van der Waals surface area (Å²) in [5.74, 6) is -0.684. The van der Waals surface area contributed by atoms with Gasteiger partial charge in [-0.1, -0.05) is 0 Å². The Balaban J connectivity index is 1.52. The molecule has 6 nitrogen and oxygen atoms in total. The Hall–Kier alpha value is -1.51. The molecule has 0 bridgehead atoms. The molecule has 0 radical (unpaired) electrons. The summed E-state index contributed by atoms with van der Waals surface area (Å²) in [5.41, 5.74) is 0. The van der Waals surface area contributed by atoms with Gasteiger partial charge in [0.15, 0.2) is 0 Å². The molecule has 0 saturated carbocycles. The Labute approximate surface area is 147 Å². The first-order valence-corrected chi connectivity index (χ1v) is 10.1. The maximum atomic E-state index is 13.0. The molecule has 0 spiro atoms. The van der Waals surface area contributed by atoms with Crippen LogP contribution in [-0.2, 0) is 19.6 Å². The quantitative estimate of drug-likeness (QED) is 0.853. The highest BCUT2D eigenvalue weighted by Crippen LogP contribution is 2.24. The second-order valence-electron chi connectivity index (χ2n) is 6.51. The van der Waals surface area contributed by atoms with Gasteiger partial charge in [0.1, 0.15) is 5.82 Å². The molecule has 3 rings (SSSR count). The highest BCUT2D eigenvalue weighted by atomic mass is 32.2. The predicted molar refractivity (Wildman–Crippen MR) is 89.9 cm³/mol. The van der Waals surface area contributed by atoms with E-state index in [0.717, 1.165) is 31.6 Å². The summed E-state index contributed by atoms with van der Waals surface area (Å²) in [4.78, 5) is 12.3. The van der Waals surface area contributed by atoms with Crippen molar-refractivity contribution in [3.8, 4) is 0 Å². The zero-order chi connectivity index (χ0) is 17.9. The number of nitrogens with one attached hydrogen (secondary N) is 1. The molecule has 2 heterocycles. The SMILES string of the molecule is O=C(NCC1CCCO1)C1CCN(S(=O)(=O)c2ccc(F)cc2)CC1. The smallest absolute Gasteiger partial charge is 0.243 e. The van der Waals surface area contributed by atoms with Crippen molar-refractivity contribution in [2.24, 2.45) is 5.92 Å². The molecule has 1 N–H and O–H groups in total. The molecule has 2 saturated heterocycles. The number of carbonyl (C=O) groups is 1. The summed E-state index contributed by atoms with van der Waals surface area (Å²) in [6, 6.07) is 4.81. The average molecular weight is 370 g/mol. The number of sulfonamides is 1. The molecule has 1 unspecified atom stereocenters. The van der Waals surface area contributed by atoms with E-state index in [1.165, 1.54) is 16.4 Å². The van der Waals surface area contributed by atoms with Gasteiger partial charge in [0.25, 0.3) is 0 Å². The molecule has 2 aliphatic rings. The summed E-state index contributed by atoms with van der Waals surface area (Å²) in [6.07, 6.45) is 3.06. The van der Waals surface area contributed by atoms with Crippen molar-refractivity contribution in [2.75, 3.05) is 26.2 Å². The largest absolute Gasteiger partial charge is 0.376 e. The van der Waals surface area contributed by atoms with Gasteiger partial charge in [0.05, 0.1) is 11.0 Å². The molecule has 25 heavy (non-hydrogen) atoms. The fourth-order valence-corrected chi connectivity index (χ4v) is 4.75. The van der Waals surface area contributed by atoms with Gasteiger partial charge in [-0.2, -0.15) is 4.31 Å². The lowest BCUT2D eigenvalue weighted by atomic mass is 9.97. The Morgan fingerprint density at radius 1 is 1.20 bits per heavy atom. The van der Waals surface area contributed by atoms with Crippen molar-refractivity contribution in [1.82, 2.24) is 9.62 Å². The van der Waals surface area contributed by atoms with Crippen LogP contribution in [0, 0.1) is 11.7 Å². The number of piperidine rings is 1. The summed E-state index contributed by atoms with van der Waals surface area (Å²) in [5, 5.41) is 2.91. The van der Waals surface area contributed by atoms with Crippen molar-refractivity contribution in [1.29, 1.82) is 0 Å². The van der Waals surface area contributed by atoms with E-state index >= 15 is 0 Å². The van der Waals surface area contributed by atoms with E-state index in [0.29, 0.717) is 19.4 Å². The third-order valence-electron chi connectivity index (χ3n) is 4.80. The monoisotopic (exact) mass is 370 g/mol. The lowest BCUT2D eigenvalue weighted by Crippen LogP contribution is -2.44. The standard InChI is InChI=1S/C17H23FN2O4S/c18-14-3-5-16(6-4-14)25(22,23)20-9-7-13(8-10-20)17(21)19-12-15-2-1-11-24-15/h3-6,13,15H,1-2,7-12H2,(H,19,21). The van der Waals surface area contributed by atoms with Gasteiger partial charge >= 0.3 is 0 Å². The van der Waals surface area contributed by atoms with Crippen LogP contribution in [0.15, 0.2) is 29.2 Å². The van der Waals surface area contributed by atoms with Crippen molar-refractivity contribution in [3.63, 3.8) is 0 Å². The van der Waals surface area contributed by atoms with Crippen LogP contribution in [0.25, 0.3) is 0 Å². The van der Waals surface area contributed by atoms with Crippen molar-refractivity contribution < 1.29 is 22.3 Å². The molecule has 2 aliphatic heterocycles. The number of amides is 1. The van der Waals surface area contributed by atoms with Crippen LogP contribution in [0.5, 0.6) is 0 Å². The Kier molecular flexibility index (Phi) is 5.71. The minimum absolute atomic E-state index is 0.0330. The number of ether oxygens (including phenoxy) is 1. The van der Waals surface area contributed by atoms with E-state index in [2.05, 4.69) is 5.32 Å². The van der Waals surface area contributed by atoms with Crippen LogP contribution in [-0.4, -0.2) is 51.0 Å². The third-order valence-corrected chi connectivity index (χ3v) is 6.72. The maximum absolute atomic E-state index is 13.0. The molecule has 0 aromatic heterocycles. The molecule has 2 fully saturated rings. The van der Waals surface area contributed by atoms with Crippen molar-refractivity contribution in [2.45, 2.75) is 36.7 Å². The molecular formula is C17H23FN2O4S. The van der Waals surface area contributed by atoms with Gasteiger partial charge in [0.2, 0.25) is 15.9 Å². The van der Waals surface area contributed by atoms with Gasteiger partial charge in [-0.25, -0.2) is 12.8 Å². The van der Waals surface area contributed by atoms with E-state index in [-0.39, 0.29) is 35.9 Å². The van der Waals surface area contributed by atoms with E-state index < -0.39 is 15.8 Å². The number of rotatable bonds is 5. The molecule has 1 amide bonds. The van der Waals surface area contributed by atoms with Gasteiger partial charge in [-0.05, 0) is 49.9 Å². The number of nitrogens with zero attached hydrogens (tertiary/aromatic N) is 1. The Morgan fingerprint density at radius 2 is 1.88 bits per heavy atom. The normalized spacial score (nSPS) is 22.8. The number of carbonyl (C=O) groups excluding carboxylic acids is 1. The molecule has 8 heteroatoms. The minimum Gasteiger partial charge on any atom is -0.376 e. The molecule has 0 aliphatic carbocycles. The van der Waals surface area contributed by atoms with E-state index in [1.54, 1.807) is 0 Å². The number of halogens is 1. The first kappa shape index (κ1) is 18.3. The van der Waals surface area contributed by atoms with E-state index in [9.17, 15) is 17.6 Å². The highest BCUT2D eigenvalue weighted by molar-refractivity contribution is 7.89. The molecule has 1 aromatic carbocycles. The fourth-order valence-electron chi connectivity index (χ4n) is 3.28. The number of benzene rings is 1.